The van der Waals surface area contributed by atoms with Crippen LogP contribution in [0.5, 0.6) is 11.5 Å². The van der Waals surface area contributed by atoms with Gasteiger partial charge in [-0.15, -0.1) is 0 Å². The van der Waals surface area contributed by atoms with Crippen molar-refractivity contribution in [1.29, 1.82) is 0 Å². The molecule has 10 rings (SSSR count). The van der Waals surface area contributed by atoms with Crippen molar-refractivity contribution in [2.75, 3.05) is 7.11 Å². The number of halogens is 3. The quantitative estimate of drug-likeness (QED) is 0.181. The van der Waals surface area contributed by atoms with E-state index >= 15 is 0 Å². The molecular formula is C49H37F3O2. The summed E-state index contributed by atoms with van der Waals surface area (Å²) in [6.45, 7) is 8.64. The number of methoxy groups -OCH3 is 1. The molecule has 0 bridgehead atoms. The Bertz CT molecular complexity index is 2770. The highest BCUT2D eigenvalue weighted by Gasteiger charge is 2.46. The minimum Gasteiger partial charge on any atom is -0.497 e. The van der Waals surface area contributed by atoms with Crippen molar-refractivity contribution in [3.63, 3.8) is 0 Å². The van der Waals surface area contributed by atoms with Crippen LogP contribution in [-0.4, -0.2) is 7.11 Å². The zero-order valence-electron chi connectivity index (χ0n) is 30.7. The third-order valence-electron chi connectivity index (χ3n) is 12.4. The second-order valence-electron chi connectivity index (χ2n) is 16.0. The molecular weight excluding hydrogens is 678 g/mol. The van der Waals surface area contributed by atoms with Gasteiger partial charge < -0.3 is 9.47 Å². The van der Waals surface area contributed by atoms with Gasteiger partial charge in [0, 0.05) is 32.9 Å². The SMILES string of the molecule is COc1ccc(C2(c3ccc4c(c3)C(C)(C)c3cc5ccccc5cc3-4)C=Cc3c4c(c5ccccc5c3O2)-c2ccc(C(F)(F)F)cc2C4(C)C)cc1. The van der Waals surface area contributed by atoms with Crippen molar-refractivity contribution in [3.8, 4) is 33.8 Å². The van der Waals surface area contributed by atoms with E-state index in [1.807, 2.05) is 38.1 Å². The molecule has 266 valence electrons. The average molecular weight is 715 g/mol. The van der Waals surface area contributed by atoms with E-state index in [1.54, 1.807) is 13.2 Å². The maximum Gasteiger partial charge on any atom is 0.416 e. The van der Waals surface area contributed by atoms with E-state index in [1.165, 1.54) is 45.2 Å². The molecule has 0 N–H and O–H groups in total. The minimum absolute atomic E-state index is 0.263. The van der Waals surface area contributed by atoms with Crippen LogP contribution in [0.15, 0.2) is 127 Å². The fourth-order valence-corrected chi connectivity index (χ4v) is 9.58. The number of ether oxygens (including phenoxy) is 2. The van der Waals surface area contributed by atoms with Gasteiger partial charge >= 0.3 is 6.18 Å². The number of rotatable bonds is 3. The van der Waals surface area contributed by atoms with Crippen molar-refractivity contribution >= 4 is 27.6 Å². The van der Waals surface area contributed by atoms with E-state index in [-0.39, 0.29) is 5.41 Å². The lowest BCUT2D eigenvalue weighted by Crippen LogP contribution is -2.35. The van der Waals surface area contributed by atoms with Crippen molar-refractivity contribution < 1.29 is 22.6 Å². The second kappa shape index (κ2) is 10.9. The van der Waals surface area contributed by atoms with E-state index in [0.29, 0.717) is 11.3 Å². The molecule has 1 atom stereocenters. The summed E-state index contributed by atoms with van der Waals surface area (Å²) in [5, 5.41) is 4.31. The highest BCUT2D eigenvalue weighted by molar-refractivity contribution is 6.08. The molecule has 7 aromatic rings. The molecule has 0 fully saturated rings. The maximum atomic E-state index is 14.1. The number of benzene rings is 7. The van der Waals surface area contributed by atoms with Gasteiger partial charge in [0.25, 0.3) is 0 Å². The molecule has 1 aliphatic heterocycles. The predicted molar refractivity (Wildman–Crippen MR) is 211 cm³/mol. The Labute approximate surface area is 312 Å². The lowest BCUT2D eigenvalue weighted by atomic mass is 9.75. The van der Waals surface area contributed by atoms with Crippen molar-refractivity contribution in [2.45, 2.75) is 50.3 Å². The van der Waals surface area contributed by atoms with Crippen LogP contribution < -0.4 is 9.47 Å². The molecule has 2 nitrogen and oxygen atoms in total. The zero-order chi connectivity index (χ0) is 37.4. The van der Waals surface area contributed by atoms with Gasteiger partial charge in [-0.2, -0.15) is 13.2 Å². The van der Waals surface area contributed by atoms with Gasteiger partial charge in [0.15, 0.2) is 5.60 Å². The summed E-state index contributed by atoms with van der Waals surface area (Å²) in [4.78, 5) is 0. The van der Waals surface area contributed by atoms with E-state index in [9.17, 15) is 13.2 Å². The van der Waals surface area contributed by atoms with Gasteiger partial charge in [0.1, 0.15) is 11.5 Å². The zero-order valence-corrected chi connectivity index (χ0v) is 30.7. The first-order chi connectivity index (χ1) is 25.8. The molecule has 0 saturated carbocycles. The fourth-order valence-electron chi connectivity index (χ4n) is 9.58. The summed E-state index contributed by atoms with van der Waals surface area (Å²) < 4.78 is 55.3. The summed E-state index contributed by atoms with van der Waals surface area (Å²) in [5.41, 5.74) is 8.60. The van der Waals surface area contributed by atoms with E-state index < -0.39 is 22.8 Å². The van der Waals surface area contributed by atoms with Gasteiger partial charge in [0.05, 0.1) is 12.7 Å². The Morgan fingerprint density at radius 1 is 0.593 bits per heavy atom. The monoisotopic (exact) mass is 714 g/mol. The third-order valence-corrected chi connectivity index (χ3v) is 12.4. The first-order valence-electron chi connectivity index (χ1n) is 18.4. The Morgan fingerprint density at radius 2 is 1.22 bits per heavy atom. The van der Waals surface area contributed by atoms with Crippen LogP contribution in [0.2, 0.25) is 0 Å². The molecule has 0 spiro atoms. The van der Waals surface area contributed by atoms with E-state index in [4.69, 9.17) is 9.47 Å². The molecule has 2 aliphatic carbocycles. The first kappa shape index (κ1) is 32.8. The summed E-state index contributed by atoms with van der Waals surface area (Å²) in [5.74, 6) is 1.46. The Balaban J connectivity index is 1.21. The standard InChI is InChI=1S/C49H37F3O2/c1-46(2)40-25-29-11-7-6-10-28(29)24-39(40)34-20-16-31(26-41(34)46)48(30-14-18-33(53-5)19-15-30)23-22-38-44-43(35-12-8-9-13-36(35)45(38)54-48)37-21-17-32(49(50,51)52)27-42(37)47(44,3)4/h6-27H,1-5H3. The number of alkyl halides is 3. The van der Waals surface area contributed by atoms with Crippen LogP contribution in [0.25, 0.3) is 49.9 Å². The van der Waals surface area contributed by atoms with Gasteiger partial charge in [-0.25, -0.2) is 0 Å². The maximum absolute atomic E-state index is 14.1. The summed E-state index contributed by atoms with van der Waals surface area (Å²) >= 11 is 0. The second-order valence-corrected chi connectivity index (χ2v) is 16.0. The number of fused-ring (bicyclic) bond motifs is 12. The highest BCUT2D eigenvalue weighted by atomic mass is 19.4. The Kier molecular flexibility index (Phi) is 6.61. The third kappa shape index (κ3) is 4.35. The lowest BCUT2D eigenvalue weighted by Gasteiger charge is -2.39. The Morgan fingerprint density at radius 3 is 1.94 bits per heavy atom. The average Bonchev–Trinajstić information content (AvgIpc) is 3.55. The molecule has 1 unspecified atom stereocenters. The first-order valence-corrected chi connectivity index (χ1v) is 18.4. The molecule has 0 amide bonds. The van der Waals surface area contributed by atoms with Crippen molar-refractivity contribution in [3.05, 3.63) is 172 Å². The fraction of sp³-hybridized carbons (Fsp3) is 0.184. The molecule has 5 heteroatoms. The van der Waals surface area contributed by atoms with Gasteiger partial charge in [-0.3, -0.25) is 0 Å². The van der Waals surface area contributed by atoms with E-state index in [2.05, 4.69) is 105 Å². The molecule has 0 saturated heterocycles. The molecule has 1 heterocycles. The Hall–Kier alpha value is -5.81. The van der Waals surface area contributed by atoms with Crippen LogP contribution in [0.1, 0.15) is 72.2 Å². The highest BCUT2D eigenvalue weighted by Crippen LogP contribution is 2.59. The topological polar surface area (TPSA) is 18.5 Å². The largest absolute Gasteiger partial charge is 0.497 e. The molecule has 54 heavy (non-hydrogen) atoms. The van der Waals surface area contributed by atoms with Crippen molar-refractivity contribution in [1.82, 2.24) is 0 Å². The number of hydrogen-bond acceptors (Lipinski definition) is 2. The van der Waals surface area contributed by atoms with Crippen LogP contribution >= 0.6 is 0 Å². The minimum atomic E-state index is -4.44. The summed E-state index contributed by atoms with van der Waals surface area (Å²) in [7, 11) is 1.66. The van der Waals surface area contributed by atoms with Crippen LogP contribution in [0, 0.1) is 0 Å². The summed E-state index contributed by atoms with van der Waals surface area (Å²) in [6.07, 6.45) is -0.161. The van der Waals surface area contributed by atoms with Gasteiger partial charge in [-0.1, -0.05) is 113 Å². The van der Waals surface area contributed by atoms with Crippen LogP contribution in [0.3, 0.4) is 0 Å². The molecule has 0 aromatic heterocycles. The normalized spacial score (nSPS) is 18.4. The summed E-state index contributed by atoms with van der Waals surface area (Å²) in [6, 6.07) is 40.2. The smallest absolute Gasteiger partial charge is 0.416 e. The van der Waals surface area contributed by atoms with E-state index in [0.717, 1.165) is 49.9 Å². The van der Waals surface area contributed by atoms with Gasteiger partial charge in [0.2, 0.25) is 0 Å². The van der Waals surface area contributed by atoms with Crippen molar-refractivity contribution in [2.24, 2.45) is 0 Å². The molecule has 3 aliphatic rings. The van der Waals surface area contributed by atoms with Gasteiger partial charge in [-0.05, 0) is 109 Å². The molecule has 0 radical (unpaired) electrons. The van der Waals surface area contributed by atoms with Crippen LogP contribution in [-0.2, 0) is 22.6 Å². The van der Waals surface area contributed by atoms with Crippen LogP contribution in [0.4, 0.5) is 13.2 Å². The molecule has 7 aromatic carbocycles. The number of hydrogen-bond donors (Lipinski definition) is 0. The predicted octanol–water partition coefficient (Wildman–Crippen LogP) is 13.0. The lowest BCUT2D eigenvalue weighted by molar-refractivity contribution is -0.137.